The van der Waals surface area contributed by atoms with E-state index in [1.807, 2.05) is 0 Å². The van der Waals surface area contributed by atoms with Crippen molar-refractivity contribution in [1.82, 2.24) is 67.7 Å². The summed E-state index contributed by atoms with van der Waals surface area (Å²) in [4.78, 5) is 179. The number of nitrogens with one attached hydrogen (secondary N) is 11. The van der Waals surface area contributed by atoms with Gasteiger partial charge in [0, 0.05) is 74.7 Å². The molecule has 9 atom stereocenters. The van der Waals surface area contributed by atoms with E-state index >= 15 is 0 Å². The van der Waals surface area contributed by atoms with E-state index in [1.54, 1.807) is 44.3 Å². The molecule has 2 saturated heterocycles. The Balaban J connectivity index is 1.23. The summed E-state index contributed by atoms with van der Waals surface area (Å²) in [5, 5.41) is 45.3. The summed E-state index contributed by atoms with van der Waals surface area (Å²) in [6, 6.07) is 0.673. The van der Waals surface area contributed by atoms with E-state index in [9.17, 15) is 67.7 Å². The van der Waals surface area contributed by atoms with Crippen LogP contribution in [0.2, 0.25) is 0 Å². The number of H-pyrrole nitrogens is 2. The van der Waals surface area contributed by atoms with E-state index in [2.05, 4.69) is 67.8 Å². The van der Waals surface area contributed by atoms with Crippen LogP contribution >= 0.6 is 0 Å². The number of phenolic OH excluding ortho intramolecular Hbond substituents is 1. The van der Waals surface area contributed by atoms with Crippen LogP contribution in [0.4, 0.5) is 0 Å². The fourth-order valence-electron chi connectivity index (χ4n) is 10.7. The molecule has 0 radical (unpaired) electrons. The first kappa shape index (κ1) is 71.3. The van der Waals surface area contributed by atoms with Crippen molar-refractivity contribution in [2.24, 2.45) is 28.1 Å². The number of likely N-dealkylation sites (tertiary alicyclic amines) is 1. The molecule has 2 fully saturated rings. The molecule has 10 amide bonds. The molecule has 0 bridgehead atoms. The second kappa shape index (κ2) is 35.0. The van der Waals surface area contributed by atoms with Gasteiger partial charge in [0.25, 0.3) is 0 Å². The van der Waals surface area contributed by atoms with Crippen LogP contribution in [-0.2, 0) is 76.8 Å². The highest BCUT2D eigenvalue weighted by atomic mass is 16.3. The Kier molecular flexibility index (Phi) is 27.1. The second-order valence-electron chi connectivity index (χ2n) is 23.2. The Morgan fingerprint density at radius 1 is 0.707 bits per heavy atom. The van der Waals surface area contributed by atoms with Gasteiger partial charge in [0.2, 0.25) is 64.9 Å². The number of aliphatic hydroxyl groups is 1. The number of nitrogens with two attached hydrogens (primary N) is 3. The van der Waals surface area contributed by atoms with Crippen molar-refractivity contribution in [3.8, 4) is 5.75 Å². The molecule has 498 valence electrons. The summed E-state index contributed by atoms with van der Waals surface area (Å²) in [7, 11) is 0. The number of guanidine groups is 1. The van der Waals surface area contributed by atoms with E-state index < -0.39 is 132 Å². The maximum absolute atomic E-state index is 14.7. The standard InChI is InChI=1S/C61H85N17O14/c1-33(2)24-44(54(86)72-43(13-8-22-66-61(63)64)60(92)78-23-9-14-49(78)59(91)68-30-50(82)34(3)80)73-52(84)41(12-6-7-21-62)71-55(87)45(25-35-15-17-38(81)18-16-35)74-58(90)48(31-79)77-56(88)46(26-36-28-67-40-11-5-4-10-39(36)40)75-57(89)47(27-37-29-65-32-69-37)76-53(85)42-19-20-51(83)70-42/h4-5,10-11,15-18,28-29,32-33,41-49,67,79,81H,6-9,12-14,19-27,30-31,62H2,1-3H3,(H,65,69)(H,68,91)(H,70,83)(H,71,87)(H,72,86)(H,73,84)(H,74,90)(H,75,89)(H,76,85)(H,77,88)(H4,63,64,66)/t41-,42+,43+,44+,45+,46+,47+,48+,49+/m1/s1. The molecule has 2 aromatic carbocycles. The summed E-state index contributed by atoms with van der Waals surface area (Å²) in [5.74, 6) is -9.90. The maximum atomic E-state index is 14.7. The Bertz CT molecular complexity index is 3280. The third-order valence-corrected chi connectivity index (χ3v) is 15.6. The van der Waals surface area contributed by atoms with Crippen molar-refractivity contribution < 1.29 is 67.7 Å². The van der Waals surface area contributed by atoms with Gasteiger partial charge < -0.3 is 90.1 Å². The molecule has 92 heavy (non-hydrogen) atoms. The van der Waals surface area contributed by atoms with Gasteiger partial charge in [-0.3, -0.25) is 62.5 Å². The number of hydrogen-bond acceptors (Lipinski definition) is 17. The molecule has 0 unspecified atom stereocenters. The van der Waals surface area contributed by atoms with Crippen LogP contribution in [-0.4, -0.2) is 194 Å². The van der Waals surface area contributed by atoms with Gasteiger partial charge in [-0.05, 0) is 99.6 Å². The van der Waals surface area contributed by atoms with Crippen LogP contribution in [0.3, 0.4) is 0 Å². The van der Waals surface area contributed by atoms with E-state index in [0.717, 1.165) is 6.92 Å². The van der Waals surface area contributed by atoms with Crippen molar-refractivity contribution in [2.75, 3.05) is 32.8 Å². The van der Waals surface area contributed by atoms with E-state index in [-0.39, 0.29) is 114 Å². The van der Waals surface area contributed by atoms with Gasteiger partial charge in [-0.15, -0.1) is 0 Å². The summed E-state index contributed by atoms with van der Waals surface area (Å²) in [5.41, 5.74) is 19.1. The average Bonchev–Trinajstić information content (AvgIpc) is 1.70. The van der Waals surface area contributed by atoms with E-state index in [0.29, 0.717) is 40.6 Å². The smallest absolute Gasteiger partial charge is 0.245 e. The SMILES string of the molecule is CC(=O)C(=O)CNC(=O)[C@@H]1CCCN1C(=O)[C@H](CCCN=C(N)N)NC(=O)[C@H](CC(C)C)NC(=O)[C@@H](CCCCN)NC(=O)[C@H](Cc1ccc(O)cc1)NC(=O)[C@H](CO)NC(=O)[C@H](Cc1c[nH]c2ccccc12)NC(=O)[C@H](Cc1cnc[nH]1)NC(=O)[C@@H]1CCC(=O)N1. The number of ketones is 2. The van der Waals surface area contributed by atoms with Gasteiger partial charge in [-0.25, -0.2) is 4.98 Å². The average molecular weight is 1280 g/mol. The fourth-order valence-corrected chi connectivity index (χ4v) is 10.7. The fraction of sp³-hybridized carbons (Fsp3) is 0.508. The maximum Gasteiger partial charge on any atom is 0.245 e. The lowest BCUT2D eigenvalue weighted by Gasteiger charge is -2.30. The predicted molar refractivity (Wildman–Crippen MR) is 334 cm³/mol. The molecule has 4 aromatic rings. The molecule has 6 rings (SSSR count). The molecule has 31 nitrogen and oxygen atoms in total. The number of imidazole rings is 1. The van der Waals surface area contributed by atoms with Gasteiger partial charge in [-0.2, -0.15) is 0 Å². The topological polar surface area (TPSA) is 492 Å². The zero-order chi connectivity index (χ0) is 67.0. The minimum atomic E-state index is -1.79. The summed E-state index contributed by atoms with van der Waals surface area (Å²) < 4.78 is 0. The minimum absolute atomic E-state index is 0.0229. The van der Waals surface area contributed by atoms with Crippen molar-refractivity contribution >= 4 is 87.5 Å². The molecule has 4 heterocycles. The number of Topliss-reactive ketones (excluding diaryl/α,β-unsaturated/α-hetero) is 2. The molecule has 2 aliphatic rings. The highest BCUT2D eigenvalue weighted by molar-refractivity contribution is 6.37. The van der Waals surface area contributed by atoms with Crippen molar-refractivity contribution in [3.05, 3.63) is 84.1 Å². The number of carbonyl (C=O) groups is 12. The number of aromatic hydroxyl groups is 1. The Hall–Kier alpha value is -9.78. The summed E-state index contributed by atoms with van der Waals surface area (Å²) >= 11 is 0. The van der Waals surface area contributed by atoms with Gasteiger partial charge in [-0.1, -0.05) is 44.2 Å². The quantitative estimate of drug-likeness (QED) is 0.00922. The molecular formula is C61H85N17O14. The van der Waals surface area contributed by atoms with Gasteiger partial charge in [0.05, 0.1) is 19.5 Å². The van der Waals surface area contributed by atoms with Gasteiger partial charge >= 0.3 is 0 Å². The summed E-state index contributed by atoms with van der Waals surface area (Å²) in [6.45, 7) is 3.43. The lowest BCUT2D eigenvalue weighted by Crippen LogP contribution is -2.61. The highest BCUT2D eigenvalue weighted by Crippen LogP contribution is 2.22. The molecule has 19 N–H and O–H groups in total. The van der Waals surface area contributed by atoms with Crippen LogP contribution in [0.1, 0.15) is 102 Å². The Labute approximate surface area is 530 Å². The monoisotopic (exact) mass is 1280 g/mol. The molecule has 2 aliphatic heterocycles. The number of nitrogens with zero attached hydrogens (tertiary/aromatic N) is 3. The third-order valence-electron chi connectivity index (χ3n) is 15.6. The van der Waals surface area contributed by atoms with Crippen LogP contribution in [0.15, 0.2) is 72.2 Å². The van der Waals surface area contributed by atoms with Crippen molar-refractivity contribution in [2.45, 2.75) is 159 Å². The number of hydrogen-bond donors (Lipinski definition) is 16. The number of para-hydroxylation sites is 1. The Morgan fingerprint density at radius 2 is 1.32 bits per heavy atom. The van der Waals surface area contributed by atoms with Crippen molar-refractivity contribution in [1.29, 1.82) is 0 Å². The van der Waals surface area contributed by atoms with Crippen LogP contribution in [0.5, 0.6) is 5.75 Å². The first-order valence-corrected chi connectivity index (χ1v) is 30.6. The van der Waals surface area contributed by atoms with E-state index in [4.69, 9.17) is 17.2 Å². The van der Waals surface area contributed by atoms with Crippen molar-refractivity contribution in [3.63, 3.8) is 0 Å². The van der Waals surface area contributed by atoms with Crippen LogP contribution in [0.25, 0.3) is 10.9 Å². The second-order valence-corrected chi connectivity index (χ2v) is 23.2. The normalized spacial score (nSPS) is 16.7. The number of benzene rings is 2. The van der Waals surface area contributed by atoms with Crippen LogP contribution < -0.4 is 65.1 Å². The number of aromatic nitrogens is 3. The van der Waals surface area contributed by atoms with Crippen LogP contribution in [0, 0.1) is 5.92 Å². The zero-order valence-electron chi connectivity index (χ0n) is 51.7. The molecule has 0 aliphatic carbocycles. The zero-order valence-corrected chi connectivity index (χ0v) is 51.7. The molecular weight excluding hydrogens is 1190 g/mol. The first-order chi connectivity index (χ1) is 43.9. The number of aliphatic hydroxyl groups excluding tert-OH is 1. The number of aromatic amines is 2. The number of aliphatic imine (C=N–C) groups is 1. The number of rotatable bonds is 36. The molecule has 0 spiro atoms. The van der Waals surface area contributed by atoms with Gasteiger partial charge in [0.1, 0.15) is 60.1 Å². The van der Waals surface area contributed by atoms with Gasteiger partial charge in [0.15, 0.2) is 11.7 Å². The molecule has 0 saturated carbocycles. The number of fused-ring (bicyclic) bond motifs is 1. The largest absolute Gasteiger partial charge is 0.508 e. The minimum Gasteiger partial charge on any atom is -0.508 e. The lowest BCUT2D eigenvalue weighted by molar-refractivity contribution is -0.142. The Morgan fingerprint density at radius 3 is 1.95 bits per heavy atom. The predicted octanol–water partition coefficient (Wildman–Crippen LogP) is -3.22. The third kappa shape index (κ3) is 21.4. The highest BCUT2D eigenvalue weighted by Gasteiger charge is 2.40. The lowest BCUT2D eigenvalue weighted by atomic mass is 10.00. The van der Waals surface area contributed by atoms with E-state index in [1.165, 1.54) is 41.7 Å². The summed E-state index contributed by atoms with van der Waals surface area (Å²) in [6.07, 6.45) is 5.62. The number of amides is 10. The number of unbranched alkanes of at least 4 members (excludes halogenated alkanes) is 1. The molecule has 2 aromatic heterocycles. The first-order valence-electron chi connectivity index (χ1n) is 30.6. The molecule has 31 heteroatoms. The number of carbonyl (C=O) groups excluding carboxylic acids is 12. The number of phenols is 1.